The Morgan fingerprint density at radius 3 is 0.812 bits per heavy atom. The van der Waals surface area contributed by atoms with Crippen LogP contribution >= 0.6 is 0 Å². The van der Waals surface area contributed by atoms with Gasteiger partial charge in [0.25, 0.3) is 0 Å². The first-order valence-electron chi connectivity index (χ1n) is 15.5. The Bertz CT molecular complexity index is 316. The predicted molar refractivity (Wildman–Crippen MR) is 153 cm³/mol. The fourth-order valence-electron chi connectivity index (χ4n) is 5.10. The van der Waals surface area contributed by atoms with E-state index in [-0.39, 0.29) is 0 Å². The van der Waals surface area contributed by atoms with Gasteiger partial charge in [-0.25, -0.2) is 0 Å². The minimum Gasteiger partial charge on any atom is -0.330 e. The molecule has 0 amide bonds. The van der Waals surface area contributed by atoms with Crippen LogP contribution in [0.25, 0.3) is 0 Å². The summed E-state index contributed by atoms with van der Waals surface area (Å²) in [5.74, 6) is 0. The second-order valence-electron chi connectivity index (χ2n) is 11.2. The predicted octanol–water partition coefficient (Wildman–Crippen LogP) is 9.16. The lowest BCUT2D eigenvalue weighted by molar-refractivity contribution is -0.899. The van der Waals surface area contributed by atoms with Gasteiger partial charge in [0.2, 0.25) is 0 Å². The lowest BCUT2D eigenvalue weighted by Crippen LogP contribution is -2.46. The Balaban J connectivity index is 3.43. The van der Waals surface area contributed by atoms with Gasteiger partial charge in [-0.1, -0.05) is 142 Å². The SMILES string of the molecule is CCCCCCCCCCCCCC[N+](C)(C[SiH3])CCCCCCCCCCCCCC. The minimum atomic E-state index is 1.36. The zero-order valence-corrected chi connectivity index (χ0v) is 25.5. The van der Waals surface area contributed by atoms with Crippen LogP contribution in [0.15, 0.2) is 0 Å². The van der Waals surface area contributed by atoms with Gasteiger partial charge < -0.3 is 4.48 Å². The van der Waals surface area contributed by atoms with Gasteiger partial charge in [0.05, 0.1) is 36.5 Å². The van der Waals surface area contributed by atoms with Crippen LogP contribution in [0.2, 0.25) is 0 Å². The number of unbranched alkanes of at least 4 members (excludes halogenated alkanes) is 22. The average molecular weight is 469 g/mol. The van der Waals surface area contributed by atoms with Crippen LogP contribution in [0, 0.1) is 0 Å². The van der Waals surface area contributed by atoms with Gasteiger partial charge in [-0.05, 0) is 25.7 Å². The molecule has 0 aliphatic carbocycles. The molecule has 0 N–H and O–H groups in total. The summed E-state index contributed by atoms with van der Waals surface area (Å²) >= 11 is 0. The third-order valence-electron chi connectivity index (χ3n) is 7.87. The van der Waals surface area contributed by atoms with E-state index in [2.05, 4.69) is 20.9 Å². The number of rotatable bonds is 27. The van der Waals surface area contributed by atoms with Crippen molar-refractivity contribution in [1.29, 1.82) is 0 Å². The number of hydrogen-bond donors (Lipinski definition) is 0. The van der Waals surface area contributed by atoms with Gasteiger partial charge in [-0.15, -0.1) is 0 Å². The number of hydrogen-bond acceptors (Lipinski definition) is 0. The summed E-state index contributed by atoms with van der Waals surface area (Å²) in [5, 5.41) is 0. The molecule has 0 spiro atoms. The first-order valence-corrected chi connectivity index (χ1v) is 16.9. The summed E-state index contributed by atoms with van der Waals surface area (Å²) in [7, 11) is 3.91. The summed E-state index contributed by atoms with van der Waals surface area (Å²) in [5.41, 5.74) is 0. The standard InChI is InChI=1S/C30H66NSi/c1-4-6-8-10-12-14-16-18-20-22-24-26-28-31(3,30-32)29-27-25-23-21-19-17-15-13-11-9-7-5-2/h4-30H2,1-3,32H3/q+1. The molecule has 0 radical (unpaired) electrons. The smallest absolute Gasteiger partial charge is 0.0781 e. The van der Waals surface area contributed by atoms with Crippen LogP contribution in [0.3, 0.4) is 0 Å². The van der Waals surface area contributed by atoms with E-state index in [0.717, 1.165) is 0 Å². The fraction of sp³-hybridized carbons (Fsp3) is 1.00. The molecule has 1 nitrogen and oxygen atoms in total. The second-order valence-corrected chi connectivity index (χ2v) is 11.8. The third-order valence-corrected chi connectivity index (χ3v) is 9.39. The maximum absolute atomic E-state index is 2.55. The van der Waals surface area contributed by atoms with E-state index in [0.29, 0.717) is 0 Å². The summed E-state index contributed by atoms with van der Waals surface area (Å²) < 4.78 is 1.38. The van der Waals surface area contributed by atoms with Crippen LogP contribution < -0.4 is 0 Å². The van der Waals surface area contributed by atoms with Crippen molar-refractivity contribution in [2.45, 2.75) is 168 Å². The summed E-state index contributed by atoms with van der Waals surface area (Å²) in [6.45, 7) is 7.50. The average Bonchev–Trinajstić information content (AvgIpc) is 2.80. The lowest BCUT2D eigenvalue weighted by Gasteiger charge is -2.34. The van der Waals surface area contributed by atoms with E-state index in [1.54, 1.807) is 0 Å². The van der Waals surface area contributed by atoms with Crippen LogP contribution in [0.5, 0.6) is 0 Å². The lowest BCUT2D eigenvalue weighted by atomic mass is 10.0. The van der Waals surface area contributed by atoms with E-state index in [1.165, 1.54) is 188 Å². The molecule has 0 unspecified atom stereocenters. The summed E-state index contributed by atoms with van der Waals surface area (Å²) in [6.07, 6.45) is 36.7. The molecule has 0 rings (SSSR count). The molecule has 0 aromatic heterocycles. The van der Waals surface area contributed by atoms with Crippen LogP contribution in [0.4, 0.5) is 0 Å². The quantitative estimate of drug-likeness (QED) is 0.0640. The molecule has 0 saturated heterocycles. The summed E-state index contributed by atoms with van der Waals surface area (Å²) in [6, 6.07) is 0. The van der Waals surface area contributed by atoms with E-state index in [1.807, 2.05) is 0 Å². The first kappa shape index (κ1) is 32.2. The van der Waals surface area contributed by atoms with Crippen molar-refractivity contribution < 1.29 is 4.48 Å². The number of quaternary nitrogens is 1. The Hall–Kier alpha value is 0.177. The second kappa shape index (κ2) is 25.8. The zero-order valence-electron chi connectivity index (χ0n) is 23.5. The molecule has 0 aliphatic rings. The van der Waals surface area contributed by atoms with Gasteiger partial charge in [0.1, 0.15) is 0 Å². The van der Waals surface area contributed by atoms with Gasteiger partial charge in [0.15, 0.2) is 0 Å². The zero-order chi connectivity index (χ0) is 23.6. The van der Waals surface area contributed by atoms with Crippen molar-refractivity contribution in [2.24, 2.45) is 0 Å². The molecular formula is C30H66NSi+. The molecule has 0 aliphatic heterocycles. The molecule has 0 saturated carbocycles. The van der Waals surface area contributed by atoms with E-state index in [4.69, 9.17) is 0 Å². The van der Waals surface area contributed by atoms with Crippen molar-refractivity contribution in [3.05, 3.63) is 0 Å². The van der Waals surface area contributed by atoms with Crippen molar-refractivity contribution >= 4 is 10.2 Å². The maximum atomic E-state index is 2.55. The monoisotopic (exact) mass is 468 g/mol. The Morgan fingerprint density at radius 2 is 0.594 bits per heavy atom. The van der Waals surface area contributed by atoms with E-state index >= 15 is 0 Å². The van der Waals surface area contributed by atoms with Crippen LogP contribution in [-0.2, 0) is 0 Å². The van der Waals surface area contributed by atoms with Crippen molar-refractivity contribution in [3.63, 3.8) is 0 Å². The Kier molecular flexibility index (Phi) is 25.9. The first-order chi connectivity index (χ1) is 15.7. The van der Waals surface area contributed by atoms with Gasteiger partial charge in [-0.3, -0.25) is 0 Å². The van der Waals surface area contributed by atoms with Crippen molar-refractivity contribution in [2.75, 3.05) is 26.3 Å². The number of nitrogens with zero attached hydrogens (tertiary/aromatic N) is 1. The maximum Gasteiger partial charge on any atom is 0.0781 e. The minimum absolute atomic E-state index is 1.36. The highest BCUT2D eigenvalue weighted by Crippen LogP contribution is 2.15. The van der Waals surface area contributed by atoms with Crippen molar-refractivity contribution in [1.82, 2.24) is 0 Å². The van der Waals surface area contributed by atoms with Gasteiger partial charge >= 0.3 is 0 Å². The van der Waals surface area contributed by atoms with Gasteiger partial charge in [0, 0.05) is 0 Å². The van der Waals surface area contributed by atoms with E-state index < -0.39 is 0 Å². The molecule has 0 heterocycles. The molecule has 0 aromatic carbocycles. The fourth-order valence-corrected chi connectivity index (χ4v) is 5.73. The van der Waals surface area contributed by atoms with Crippen LogP contribution in [0.1, 0.15) is 168 Å². The molecule has 32 heavy (non-hydrogen) atoms. The molecule has 0 atom stereocenters. The topological polar surface area (TPSA) is 0 Å². The van der Waals surface area contributed by atoms with Gasteiger partial charge in [-0.2, -0.15) is 0 Å². The highest BCUT2D eigenvalue weighted by molar-refractivity contribution is 6.08. The largest absolute Gasteiger partial charge is 0.330 e. The molecule has 0 aromatic rings. The highest BCUT2D eigenvalue weighted by Gasteiger charge is 2.17. The normalized spacial score (nSPS) is 12.1. The van der Waals surface area contributed by atoms with E-state index in [9.17, 15) is 0 Å². The third kappa shape index (κ3) is 23.3. The van der Waals surface area contributed by atoms with Crippen LogP contribution in [-0.4, -0.2) is 41.0 Å². The molecule has 2 heteroatoms. The van der Waals surface area contributed by atoms with Crippen molar-refractivity contribution in [3.8, 4) is 0 Å². The molecular weight excluding hydrogens is 402 g/mol. The molecule has 0 bridgehead atoms. The Labute approximate surface area is 208 Å². The molecule has 0 fully saturated rings. The highest BCUT2D eigenvalue weighted by atomic mass is 28.1. The molecule has 194 valence electrons. The summed E-state index contributed by atoms with van der Waals surface area (Å²) in [4.78, 5) is 0. The Morgan fingerprint density at radius 1 is 0.375 bits per heavy atom.